The molecule has 3 rings (SSSR count). The summed E-state index contributed by atoms with van der Waals surface area (Å²) in [6, 6.07) is 9.39. The second-order valence-electron chi connectivity index (χ2n) is 7.65. The first-order chi connectivity index (χ1) is 12.0. The molecule has 2 aliphatic heterocycles. The number of amides is 1. The van der Waals surface area contributed by atoms with Crippen molar-refractivity contribution in [2.24, 2.45) is 0 Å². The first kappa shape index (κ1) is 18.7. The number of hydrogen-bond donors (Lipinski definition) is 0. The Morgan fingerprint density at radius 3 is 2.40 bits per heavy atom. The van der Waals surface area contributed by atoms with Crippen LogP contribution in [0.5, 0.6) is 0 Å². The highest BCUT2D eigenvalue weighted by Gasteiger charge is 2.28. The van der Waals surface area contributed by atoms with Crippen molar-refractivity contribution in [3.8, 4) is 0 Å². The molecule has 0 spiro atoms. The summed E-state index contributed by atoms with van der Waals surface area (Å²) in [7, 11) is 4.26. The van der Waals surface area contributed by atoms with Crippen LogP contribution in [0.2, 0.25) is 0 Å². The topological polar surface area (TPSA) is 26.8 Å². The maximum absolute atomic E-state index is 12.6. The van der Waals surface area contributed by atoms with E-state index in [2.05, 4.69) is 60.0 Å². The molecule has 0 N–H and O–H groups in total. The lowest BCUT2D eigenvalue weighted by Gasteiger charge is -2.33. The molecule has 1 atom stereocenters. The van der Waals surface area contributed by atoms with Gasteiger partial charge < -0.3 is 9.80 Å². The highest BCUT2D eigenvalue weighted by Crippen LogP contribution is 2.30. The number of rotatable bonds is 5. The average molecular weight is 362 g/mol. The highest BCUT2D eigenvalue weighted by molar-refractivity contribution is 8.00. The molecule has 0 saturated carbocycles. The average Bonchev–Trinajstić information content (AvgIpc) is 3.06. The maximum Gasteiger partial charge on any atom is 0.236 e. The SMILES string of the molecule is Cc1ccc(SC2CCN(C(=O)CN3CC[C@H](N(C)C)C3)CC2)cc1. The Bertz CT molecular complexity index is 567. The smallest absolute Gasteiger partial charge is 0.236 e. The van der Waals surface area contributed by atoms with E-state index in [0.717, 1.165) is 39.0 Å². The Balaban J connectivity index is 1.41. The number of carbonyl (C=O) groups is 1. The van der Waals surface area contributed by atoms with Gasteiger partial charge in [0.05, 0.1) is 6.54 Å². The van der Waals surface area contributed by atoms with E-state index < -0.39 is 0 Å². The van der Waals surface area contributed by atoms with Crippen molar-refractivity contribution in [3.05, 3.63) is 29.8 Å². The predicted molar refractivity (Wildman–Crippen MR) is 105 cm³/mol. The number of likely N-dealkylation sites (tertiary alicyclic amines) is 2. The number of benzene rings is 1. The third kappa shape index (κ3) is 5.22. The summed E-state index contributed by atoms with van der Waals surface area (Å²) in [5.41, 5.74) is 1.31. The lowest BCUT2D eigenvalue weighted by Crippen LogP contribution is -2.44. The zero-order valence-electron chi connectivity index (χ0n) is 15.8. The molecule has 2 saturated heterocycles. The lowest BCUT2D eigenvalue weighted by atomic mass is 10.1. The van der Waals surface area contributed by atoms with Crippen molar-refractivity contribution in [3.63, 3.8) is 0 Å². The first-order valence-electron chi connectivity index (χ1n) is 9.41. The number of carbonyl (C=O) groups excluding carboxylic acids is 1. The fraction of sp³-hybridized carbons (Fsp3) is 0.650. The van der Waals surface area contributed by atoms with Crippen LogP contribution >= 0.6 is 11.8 Å². The molecule has 0 unspecified atom stereocenters. The lowest BCUT2D eigenvalue weighted by molar-refractivity contribution is -0.133. The molecule has 2 aliphatic rings. The van der Waals surface area contributed by atoms with Gasteiger partial charge in [-0.2, -0.15) is 0 Å². The summed E-state index contributed by atoms with van der Waals surface area (Å²) in [5.74, 6) is 0.318. The van der Waals surface area contributed by atoms with E-state index in [-0.39, 0.29) is 0 Å². The number of thioether (sulfide) groups is 1. The van der Waals surface area contributed by atoms with Crippen molar-refractivity contribution in [2.75, 3.05) is 46.8 Å². The normalized spacial score (nSPS) is 22.7. The minimum absolute atomic E-state index is 0.318. The van der Waals surface area contributed by atoms with Crippen LogP contribution in [0.25, 0.3) is 0 Å². The molecular formula is C20H31N3OS. The van der Waals surface area contributed by atoms with Gasteiger partial charge >= 0.3 is 0 Å². The Morgan fingerprint density at radius 1 is 1.12 bits per heavy atom. The maximum atomic E-state index is 12.6. The van der Waals surface area contributed by atoms with Gasteiger partial charge in [0.25, 0.3) is 0 Å². The molecule has 1 amide bonds. The predicted octanol–water partition coefficient (Wildman–Crippen LogP) is 2.71. The summed E-state index contributed by atoms with van der Waals surface area (Å²) in [6.07, 6.45) is 3.38. The van der Waals surface area contributed by atoms with Crippen LogP contribution in [0.4, 0.5) is 0 Å². The van der Waals surface area contributed by atoms with Crippen LogP contribution in [-0.2, 0) is 4.79 Å². The van der Waals surface area contributed by atoms with E-state index >= 15 is 0 Å². The van der Waals surface area contributed by atoms with Crippen LogP contribution in [0.3, 0.4) is 0 Å². The monoisotopic (exact) mass is 361 g/mol. The second-order valence-corrected chi connectivity index (χ2v) is 9.03. The molecule has 0 radical (unpaired) electrons. The van der Waals surface area contributed by atoms with Crippen molar-refractivity contribution in [1.29, 1.82) is 0 Å². The van der Waals surface area contributed by atoms with Gasteiger partial charge in [0.15, 0.2) is 0 Å². The van der Waals surface area contributed by atoms with Gasteiger partial charge in [-0.15, -0.1) is 11.8 Å². The van der Waals surface area contributed by atoms with E-state index in [0.29, 0.717) is 23.7 Å². The number of nitrogens with zero attached hydrogens (tertiary/aromatic N) is 3. The van der Waals surface area contributed by atoms with Crippen molar-refractivity contribution in [1.82, 2.24) is 14.7 Å². The standard InChI is InChI=1S/C20H31N3OS/c1-16-4-6-18(7-5-16)25-19-9-12-23(13-10-19)20(24)15-22-11-8-17(14-22)21(2)3/h4-7,17,19H,8-15H2,1-3H3/t17-/m0/s1. The van der Waals surface area contributed by atoms with Gasteiger partial charge in [0.2, 0.25) is 5.91 Å². The summed E-state index contributed by atoms with van der Waals surface area (Å²) in [5, 5.41) is 0.636. The number of aryl methyl sites for hydroxylation is 1. The van der Waals surface area contributed by atoms with Gasteiger partial charge in [-0.05, 0) is 52.4 Å². The van der Waals surface area contributed by atoms with Gasteiger partial charge in [-0.3, -0.25) is 9.69 Å². The van der Waals surface area contributed by atoms with Gasteiger partial charge in [0, 0.05) is 42.4 Å². The Morgan fingerprint density at radius 2 is 1.80 bits per heavy atom. The fourth-order valence-corrected chi connectivity index (χ4v) is 4.83. The second kappa shape index (κ2) is 8.56. The van der Waals surface area contributed by atoms with Crippen LogP contribution in [-0.4, -0.2) is 78.7 Å². The van der Waals surface area contributed by atoms with Gasteiger partial charge in [-0.1, -0.05) is 17.7 Å². The van der Waals surface area contributed by atoms with Crippen molar-refractivity contribution < 1.29 is 4.79 Å². The van der Waals surface area contributed by atoms with Crippen molar-refractivity contribution in [2.45, 2.75) is 42.4 Å². The Labute approximate surface area is 156 Å². The Kier molecular flexibility index (Phi) is 6.42. The molecule has 2 fully saturated rings. The van der Waals surface area contributed by atoms with Gasteiger partial charge in [0.1, 0.15) is 0 Å². The molecule has 25 heavy (non-hydrogen) atoms. The summed E-state index contributed by atoms with van der Waals surface area (Å²) >= 11 is 1.97. The number of piperidine rings is 1. The van der Waals surface area contributed by atoms with Crippen LogP contribution in [0.15, 0.2) is 29.2 Å². The molecule has 1 aromatic carbocycles. The zero-order chi connectivity index (χ0) is 17.8. The number of likely N-dealkylation sites (N-methyl/N-ethyl adjacent to an activating group) is 1. The molecule has 0 aliphatic carbocycles. The largest absolute Gasteiger partial charge is 0.342 e. The van der Waals surface area contributed by atoms with Crippen LogP contribution in [0, 0.1) is 6.92 Å². The third-order valence-electron chi connectivity index (χ3n) is 5.46. The number of hydrogen-bond acceptors (Lipinski definition) is 4. The molecule has 5 heteroatoms. The van der Waals surface area contributed by atoms with Crippen LogP contribution < -0.4 is 0 Å². The molecule has 0 bridgehead atoms. The summed E-state index contributed by atoms with van der Waals surface area (Å²) in [6.45, 7) is 6.62. The zero-order valence-corrected chi connectivity index (χ0v) is 16.6. The quantitative estimate of drug-likeness (QED) is 0.806. The summed E-state index contributed by atoms with van der Waals surface area (Å²) < 4.78 is 0. The van der Waals surface area contributed by atoms with E-state index in [4.69, 9.17) is 0 Å². The first-order valence-corrected chi connectivity index (χ1v) is 10.3. The molecule has 0 aromatic heterocycles. The molecule has 138 valence electrons. The van der Waals surface area contributed by atoms with Crippen LogP contribution in [0.1, 0.15) is 24.8 Å². The molecular weight excluding hydrogens is 330 g/mol. The minimum Gasteiger partial charge on any atom is -0.342 e. The molecule has 4 nitrogen and oxygen atoms in total. The van der Waals surface area contributed by atoms with Crippen molar-refractivity contribution >= 4 is 17.7 Å². The highest BCUT2D eigenvalue weighted by atomic mass is 32.2. The Hall–Kier alpha value is -1.04. The molecule has 2 heterocycles. The van der Waals surface area contributed by atoms with Gasteiger partial charge in [-0.25, -0.2) is 0 Å². The summed E-state index contributed by atoms with van der Waals surface area (Å²) in [4.78, 5) is 20.6. The molecule has 1 aromatic rings. The fourth-order valence-electron chi connectivity index (χ4n) is 3.70. The van der Waals surface area contributed by atoms with E-state index in [1.165, 1.54) is 16.9 Å². The minimum atomic E-state index is 0.318. The van der Waals surface area contributed by atoms with E-state index in [1.807, 2.05) is 11.8 Å². The van der Waals surface area contributed by atoms with E-state index in [9.17, 15) is 4.79 Å². The van der Waals surface area contributed by atoms with E-state index in [1.54, 1.807) is 0 Å². The third-order valence-corrected chi connectivity index (χ3v) is 6.80.